The van der Waals surface area contributed by atoms with Crippen LogP contribution in [0.2, 0.25) is 0 Å². The predicted molar refractivity (Wildman–Crippen MR) is 188 cm³/mol. The Balaban J connectivity index is 1.41. The van der Waals surface area contributed by atoms with Gasteiger partial charge < -0.3 is 0 Å². The van der Waals surface area contributed by atoms with Crippen molar-refractivity contribution >= 4 is 32.3 Å². The Morgan fingerprint density at radius 3 is 1.68 bits per heavy atom. The van der Waals surface area contributed by atoms with Crippen molar-refractivity contribution in [3.05, 3.63) is 151 Å². The smallest absolute Gasteiger partial charge is 0.0702 e. The van der Waals surface area contributed by atoms with E-state index in [1.807, 2.05) is 18.3 Å². The van der Waals surface area contributed by atoms with Gasteiger partial charge in [0.15, 0.2) is 0 Å². The lowest BCUT2D eigenvalue weighted by molar-refractivity contribution is 0.591. The molecule has 7 aromatic carbocycles. The molecule has 0 aliphatic rings. The lowest BCUT2D eigenvalue weighted by Gasteiger charge is -2.23. The fraction of sp³-hybridized carbons (Fsp3) is 0.0930. The van der Waals surface area contributed by atoms with Gasteiger partial charge in [-0.15, -0.1) is 0 Å². The maximum atomic E-state index is 4.64. The van der Waals surface area contributed by atoms with E-state index in [-0.39, 0.29) is 5.41 Å². The molecule has 0 aliphatic heterocycles. The second kappa shape index (κ2) is 10.2. The van der Waals surface area contributed by atoms with E-state index < -0.39 is 0 Å². The zero-order chi connectivity index (χ0) is 29.8. The minimum Gasteiger partial charge on any atom is -0.256 e. The van der Waals surface area contributed by atoms with Crippen molar-refractivity contribution < 1.29 is 0 Å². The third-order valence-corrected chi connectivity index (χ3v) is 9.02. The topological polar surface area (TPSA) is 12.9 Å². The molecule has 0 bridgehead atoms. The van der Waals surface area contributed by atoms with Gasteiger partial charge in [-0.25, -0.2) is 0 Å². The first kappa shape index (κ1) is 26.4. The Labute approximate surface area is 258 Å². The fourth-order valence-electron chi connectivity index (χ4n) is 6.68. The molecule has 0 atom stereocenters. The summed E-state index contributed by atoms with van der Waals surface area (Å²) in [5.41, 5.74) is 10.9. The van der Waals surface area contributed by atoms with Crippen LogP contribution in [0.15, 0.2) is 146 Å². The Bertz CT molecular complexity index is 2250. The fourth-order valence-corrected chi connectivity index (χ4v) is 6.68. The Hall–Kier alpha value is -5.27. The summed E-state index contributed by atoms with van der Waals surface area (Å²) in [5, 5.41) is 7.86. The van der Waals surface area contributed by atoms with Crippen LogP contribution in [0.1, 0.15) is 26.3 Å². The van der Waals surface area contributed by atoms with Crippen molar-refractivity contribution in [1.82, 2.24) is 4.98 Å². The molecule has 0 fully saturated rings. The average Bonchev–Trinajstić information content (AvgIpc) is 3.07. The highest BCUT2D eigenvalue weighted by atomic mass is 14.7. The third-order valence-electron chi connectivity index (χ3n) is 9.02. The van der Waals surface area contributed by atoms with Crippen molar-refractivity contribution in [2.75, 3.05) is 0 Å². The van der Waals surface area contributed by atoms with Crippen LogP contribution < -0.4 is 0 Å². The van der Waals surface area contributed by atoms with Gasteiger partial charge >= 0.3 is 0 Å². The molecule has 0 radical (unpaired) electrons. The summed E-state index contributed by atoms with van der Waals surface area (Å²) in [6, 6.07) is 51.1. The third kappa shape index (κ3) is 4.44. The maximum Gasteiger partial charge on any atom is 0.0702 e. The van der Waals surface area contributed by atoms with Gasteiger partial charge in [0, 0.05) is 11.8 Å². The van der Waals surface area contributed by atoms with Gasteiger partial charge in [0.1, 0.15) is 0 Å². The SMILES string of the molecule is CC(C)(C)c1cc2ccc3c(-c4ccc(-c5ccccc5)cc4)cc(-c4cccc(-c5ccccn5)c4)c4ccc(c1)c2c34. The zero-order valence-electron chi connectivity index (χ0n) is 25.3. The zero-order valence-corrected chi connectivity index (χ0v) is 25.3. The van der Waals surface area contributed by atoms with Crippen molar-refractivity contribution in [2.45, 2.75) is 26.2 Å². The molecule has 0 unspecified atom stereocenters. The van der Waals surface area contributed by atoms with Crippen LogP contribution in [0.5, 0.6) is 0 Å². The summed E-state index contributed by atoms with van der Waals surface area (Å²) in [6.45, 7) is 6.89. The van der Waals surface area contributed by atoms with Crippen molar-refractivity contribution in [2.24, 2.45) is 0 Å². The lowest BCUT2D eigenvalue weighted by Crippen LogP contribution is -2.10. The first-order chi connectivity index (χ1) is 21.4. The first-order valence-corrected chi connectivity index (χ1v) is 15.4. The maximum absolute atomic E-state index is 4.64. The van der Waals surface area contributed by atoms with E-state index in [9.17, 15) is 0 Å². The van der Waals surface area contributed by atoms with E-state index in [0.717, 1.165) is 11.3 Å². The first-order valence-electron chi connectivity index (χ1n) is 15.4. The molecule has 0 saturated heterocycles. The van der Waals surface area contributed by atoms with Gasteiger partial charge in [-0.3, -0.25) is 4.98 Å². The van der Waals surface area contributed by atoms with Gasteiger partial charge in [0.05, 0.1) is 5.69 Å². The monoisotopic (exact) mass is 563 g/mol. The molecule has 210 valence electrons. The van der Waals surface area contributed by atoms with Crippen molar-refractivity contribution in [3.8, 4) is 44.6 Å². The molecule has 8 rings (SSSR count). The number of pyridine rings is 1. The van der Waals surface area contributed by atoms with Crippen LogP contribution in [0, 0.1) is 0 Å². The van der Waals surface area contributed by atoms with Crippen molar-refractivity contribution in [1.29, 1.82) is 0 Å². The quantitative estimate of drug-likeness (QED) is 0.194. The molecule has 1 aromatic heterocycles. The summed E-state index contributed by atoms with van der Waals surface area (Å²) in [6.07, 6.45) is 1.86. The van der Waals surface area contributed by atoms with Crippen LogP contribution >= 0.6 is 0 Å². The Morgan fingerprint density at radius 1 is 0.432 bits per heavy atom. The van der Waals surface area contributed by atoms with Gasteiger partial charge in [-0.2, -0.15) is 0 Å². The highest BCUT2D eigenvalue weighted by Gasteiger charge is 2.20. The number of hydrogen-bond acceptors (Lipinski definition) is 1. The number of aromatic nitrogens is 1. The normalized spacial score (nSPS) is 12.0. The Kier molecular flexibility index (Phi) is 6.10. The minimum atomic E-state index is 0.0766. The summed E-state index contributed by atoms with van der Waals surface area (Å²) in [7, 11) is 0. The lowest BCUT2D eigenvalue weighted by atomic mass is 9.81. The molecule has 0 N–H and O–H groups in total. The van der Waals surface area contributed by atoms with Crippen LogP contribution in [0.25, 0.3) is 77.0 Å². The van der Waals surface area contributed by atoms with E-state index in [1.54, 1.807) is 0 Å². The number of benzene rings is 7. The molecular weight excluding hydrogens is 530 g/mol. The van der Waals surface area contributed by atoms with E-state index in [4.69, 9.17) is 0 Å². The molecule has 0 amide bonds. The average molecular weight is 564 g/mol. The molecule has 1 nitrogen and oxygen atoms in total. The van der Waals surface area contributed by atoms with Gasteiger partial charge in [0.25, 0.3) is 0 Å². The molecule has 0 saturated carbocycles. The molecule has 8 aromatic rings. The molecule has 1 heteroatoms. The summed E-state index contributed by atoms with van der Waals surface area (Å²) in [5.74, 6) is 0. The highest BCUT2D eigenvalue weighted by molar-refractivity contribution is 6.28. The molecule has 1 heterocycles. The standard InChI is InChI=1S/C43H33N/c1-43(2,3)35-25-33-19-21-36-38(30-17-15-29(16-18-30)28-10-5-4-6-11-28)27-39(37-22-20-34(26-35)41(33)42(36)37)31-12-9-13-32(24-31)40-14-7-8-23-44-40/h4-27H,1-3H3. The van der Waals surface area contributed by atoms with Crippen LogP contribution in [0.3, 0.4) is 0 Å². The van der Waals surface area contributed by atoms with Crippen molar-refractivity contribution in [3.63, 3.8) is 0 Å². The van der Waals surface area contributed by atoms with E-state index >= 15 is 0 Å². The van der Waals surface area contributed by atoms with Crippen LogP contribution in [-0.2, 0) is 5.41 Å². The Morgan fingerprint density at radius 2 is 1.02 bits per heavy atom. The molecule has 44 heavy (non-hydrogen) atoms. The van der Waals surface area contributed by atoms with Gasteiger partial charge in [0.2, 0.25) is 0 Å². The van der Waals surface area contributed by atoms with Gasteiger partial charge in [-0.05, 0) is 101 Å². The predicted octanol–water partition coefficient (Wildman–Crippen LogP) is 11.9. The van der Waals surface area contributed by atoms with Crippen LogP contribution in [-0.4, -0.2) is 4.98 Å². The van der Waals surface area contributed by atoms with Crippen LogP contribution in [0.4, 0.5) is 0 Å². The molecular formula is C43H33N. The highest BCUT2D eigenvalue weighted by Crippen LogP contribution is 2.45. The number of nitrogens with zero attached hydrogens (tertiary/aromatic N) is 1. The summed E-state index contributed by atoms with van der Waals surface area (Å²) >= 11 is 0. The largest absolute Gasteiger partial charge is 0.256 e. The van der Waals surface area contributed by atoms with Gasteiger partial charge in [-0.1, -0.05) is 136 Å². The number of rotatable bonds is 4. The van der Waals surface area contributed by atoms with E-state index in [0.29, 0.717) is 0 Å². The summed E-state index contributed by atoms with van der Waals surface area (Å²) < 4.78 is 0. The second-order valence-electron chi connectivity index (χ2n) is 12.9. The summed E-state index contributed by atoms with van der Waals surface area (Å²) in [4.78, 5) is 4.64. The minimum absolute atomic E-state index is 0.0766. The molecule has 0 spiro atoms. The van der Waals surface area contributed by atoms with E-state index in [1.165, 1.54) is 71.3 Å². The van der Waals surface area contributed by atoms with E-state index in [2.05, 4.69) is 153 Å². The molecule has 0 aliphatic carbocycles. The second-order valence-corrected chi connectivity index (χ2v) is 12.9. The number of hydrogen-bond donors (Lipinski definition) is 0.